The van der Waals surface area contributed by atoms with Gasteiger partial charge < -0.3 is 24.8 Å². The third-order valence-corrected chi connectivity index (χ3v) is 14.7. The Morgan fingerprint density at radius 1 is 0.755 bits per heavy atom. The van der Waals surface area contributed by atoms with Crippen LogP contribution in [0.3, 0.4) is 0 Å². The maximum Gasteiger partial charge on any atom is 0.310 e. The van der Waals surface area contributed by atoms with Crippen molar-refractivity contribution in [3.05, 3.63) is 11.6 Å². The van der Waals surface area contributed by atoms with Crippen molar-refractivity contribution >= 4 is 29.8 Å². The molecule has 10 nitrogen and oxygen atoms in total. The zero-order chi connectivity index (χ0) is 39.5. The fourth-order valence-electron chi connectivity index (χ4n) is 11.8. The summed E-state index contributed by atoms with van der Waals surface area (Å²) in [5.41, 5.74) is -0.530. The van der Waals surface area contributed by atoms with Gasteiger partial charge in [-0.3, -0.25) is 24.0 Å². The Labute approximate surface area is 318 Å². The van der Waals surface area contributed by atoms with Gasteiger partial charge in [-0.2, -0.15) is 0 Å². The summed E-state index contributed by atoms with van der Waals surface area (Å²) >= 11 is 0. The molecule has 0 aliphatic heterocycles. The Morgan fingerprint density at radius 3 is 1.89 bits per heavy atom. The maximum atomic E-state index is 13.0. The van der Waals surface area contributed by atoms with E-state index in [1.54, 1.807) is 0 Å². The van der Waals surface area contributed by atoms with Crippen LogP contribution < -0.4 is 0 Å². The molecule has 4 fully saturated rings. The number of ether oxygens (including phenoxy) is 2. The topological polar surface area (TPSA) is 164 Å². The summed E-state index contributed by atoms with van der Waals surface area (Å²) in [5.74, 6) is -3.74. The molecule has 9 atom stereocenters. The Bertz CT molecular complexity index is 1430. The normalized spacial score (nSPS) is 37.5. The summed E-state index contributed by atoms with van der Waals surface area (Å²) < 4.78 is 11.8. The van der Waals surface area contributed by atoms with Crippen LogP contribution >= 0.6 is 0 Å². The highest BCUT2D eigenvalue weighted by atomic mass is 16.6. The molecule has 0 saturated heterocycles. The van der Waals surface area contributed by atoms with Crippen LogP contribution in [0.4, 0.5) is 0 Å². The van der Waals surface area contributed by atoms with Crippen molar-refractivity contribution in [2.24, 2.45) is 50.2 Å². The van der Waals surface area contributed by atoms with Gasteiger partial charge in [0.05, 0.1) is 31.1 Å². The van der Waals surface area contributed by atoms with E-state index in [9.17, 15) is 29.1 Å². The van der Waals surface area contributed by atoms with Gasteiger partial charge in [-0.1, -0.05) is 74.5 Å². The monoisotopic (exact) mass is 744 g/mol. The van der Waals surface area contributed by atoms with E-state index >= 15 is 0 Å². The Morgan fingerprint density at radius 2 is 1.32 bits per heavy atom. The summed E-state index contributed by atoms with van der Waals surface area (Å²) in [6, 6.07) is 0. The molecule has 0 bridgehead atoms. The number of esters is 2. The number of carboxylic acids is 3. The number of aliphatic carboxylic acids is 3. The number of hydrogen-bond donors (Lipinski definition) is 3. The molecular weight excluding hydrogens is 676 g/mol. The lowest BCUT2D eigenvalue weighted by Crippen LogP contribution is -2.66. The largest absolute Gasteiger partial charge is 0.481 e. The van der Waals surface area contributed by atoms with Gasteiger partial charge >= 0.3 is 29.8 Å². The first-order chi connectivity index (χ1) is 24.2. The lowest BCUT2D eigenvalue weighted by Gasteiger charge is -2.71. The molecule has 0 aromatic heterocycles. The minimum Gasteiger partial charge on any atom is -0.481 e. The number of carboxylic acid groups (broad SMARTS) is 3. The van der Waals surface area contributed by atoms with Crippen LogP contribution in [0.5, 0.6) is 0 Å². The molecule has 300 valence electrons. The van der Waals surface area contributed by atoms with Crippen molar-refractivity contribution in [1.29, 1.82) is 0 Å². The minimum absolute atomic E-state index is 0. The molecule has 5 aliphatic carbocycles. The average molecular weight is 745 g/mol. The molecule has 0 aromatic carbocycles. The van der Waals surface area contributed by atoms with Crippen LogP contribution in [0.1, 0.15) is 153 Å². The number of rotatable bonds is 10. The fourth-order valence-corrected chi connectivity index (χ4v) is 11.8. The quantitative estimate of drug-likeness (QED) is 0.112. The Balaban J connectivity index is 0.00000188. The molecule has 0 amide bonds. The van der Waals surface area contributed by atoms with E-state index < -0.39 is 46.8 Å². The fraction of sp³-hybridized carbons (Fsp3) is 0.791. The highest BCUT2D eigenvalue weighted by Gasteiger charge is 2.70. The van der Waals surface area contributed by atoms with Crippen LogP contribution in [-0.2, 0) is 33.4 Å². The third-order valence-electron chi connectivity index (χ3n) is 14.7. The van der Waals surface area contributed by atoms with E-state index in [0.29, 0.717) is 19.3 Å². The molecule has 4 saturated carbocycles. The summed E-state index contributed by atoms with van der Waals surface area (Å²) in [5, 5.41) is 28.9. The van der Waals surface area contributed by atoms with E-state index in [1.165, 1.54) is 5.57 Å². The summed E-state index contributed by atoms with van der Waals surface area (Å²) in [7, 11) is 0. The number of fused-ring (bicyclic) bond motifs is 7. The first kappa shape index (κ1) is 45.8. The lowest BCUT2D eigenvalue weighted by atomic mass is 9.33. The smallest absolute Gasteiger partial charge is 0.310 e. The molecule has 5 rings (SSSR count). The second-order valence-electron chi connectivity index (χ2n) is 17.6. The first-order valence-electron chi connectivity index (χ1n) is 19.3. The zero-order valence-electron chi connectivity index (χ0n) is 32.8. The molecule has 0 spiro atoms. The maximum absolute atomic E-state index is 13.0. The molecule has 3 N–H and O–H groups in total. The number of carbonyl (C=O) groups is 5. The van der Waals surface area contributed by atoms with E-state index in [2.05, 4.69) is 53.5 Å². The minimum atomic E-state index is -1.08. The van der Waals surface area contributed by atoms with Gasteiger partial charge in [-0.15, -0.1) is 12.8 Å². The Kier molecular flexibility index (Phi) is 14.7. The first-order valence-corrected chi connectivity index (χ1v) is 19.3. The van der Waals surface area contributed by atoms with E-state index in [1.807, 2.05) is 20.8 Å². The number of terminal acetylenes is 1. The molecular formula is C43H68O10. The van der Waals surface area contributed by atoms with Crippen molar-refractivity contribution in [2.75, 3.05) is 6.61 Å². The van der Waals surface area contributed by atoms with Gasteiger partial charge in [0.15, 0.2) is 0 Å². The van der Waals surface area contributed by atoms with Crippen molar-refractivity contribution in [1.82, 2.24) is 0 Å². The predicted molar refractivity (Wildman–Crippen MR) is 204 cm³/mol. The molecule has 10 heteroatoms. The molecule has 0 aromatic rings. The second kappa shape index (κ2) is 17.0. The summed E-state index contributed by atoms with van der Waals surface area (Å²) in [6.45, 7) is 17.7. The highest BCUT2D eigenvalue weighted by molar-refractivity contribution is 5.78. The standard InChI is InChI=1S/C38H56O10.C2H6.C2H2.CH4/c1-33(2)17-19-38(32(45)46)20-18-36(5)23(24(38)21-33)7-8-26-34(3)15-14-27(48-31(44)12-10-29(41)42)35(4,25(34)13-16-37(26,36)6)22-47-30(43)11-9-28(39)40;2*1-2;/h7,24-27H,8-22H2,1-6H3,(H,39,40)(H,41,42)(H,45,46);1-2H3;1-2H;1H4/t24-,25?,26?,27-,34-,35-,36+,37+,38-;;;/m0.../s1. The van der Waals surface area contributed by atoms with Crippen LogP contribution in [0.15, 0.2) is 11.6 Å². The average Bonchev–Trinajstić information content (AvgIpc) is 3.08. The van der Waals surface area contributed by atoms with E-state index in [4.69, 9.17) is 19.7 Å². The van der Waals surface area contributed by atoms with Crippen molar-refractivity contribution in [3.63, 3.8) is 0 Å². The predicted octanol–water partition coefficient (Wildman–Crippen LogP) is 8.95. The highest BCUT2D eigenvalue weighted by Crippen LogP contribution is 2.76. The van der Waals surface area contributed by atoms with E-state index in [0.717, 1.165) is 44.9 Å². The molecule has 53 heavy (non-hydrogen) atoms. The van der Waals surface area contributed by atoms with Gasteiger partial charge in [0.2, 0.25) is 0 Å². The van der Waals surface area contributed by atoms with Crippen molar-refractivity contribution in [3.8, 4) is 12.8 Å². The van der Waals surface area contributed by atoms with Crippen molar-refractivity contribution in [2.45, 2.75) is 159 Å². The number of carbonyl (C=O) groups excluding carboxylic acids is 2. The van der Waals surface area contributed by atoms with Gasteiger partial charge in [0.25, 0.3) is 0 Å². The summed E-state index contributed by atoms with van der Waals surface area (Å²) in [4.78, 5) is 60.8. The van der Waals surface area contributed by atoms with Gasteiger partial charge in [0, 0.05) is 5.41 Å². The molecule has 2 unspecified atom stereocenters. The van der Waals surface area contributed by atoms with Crippen LogP contribution in [-0.4, -0.2) is 57.9 Å². The van der Waals surface area contributed by atoms with Gasteiger partial charge in [-0.25, -0.2) is 0 Å². The zero-order valence-corrected chi connectivity index (χ0v) is 32.8. The van der Waals surface area contributed by atoms with Crippen molar-refractivity contribution < 1.29 is 48.8 Å². The number of hydrogen-bond acceptors (Lipinski definition) is 7. The Hall–Kier alpha value is -3.35. The van der Waals surface area contributed by atoms with Crippen LogP contribution in [0, 0.1) is 63.1 Å². The SMILES string of the molecule is C.C#C.CC.CC1(C)CC[C@]2(C(=O)O)CC[C@]3(C)C(=CCC4[C@@]5(C)CC[C@H](OC(=O)CCC(=O)O)[C@@](C)(COC(=O)CCC(=O)O)C5CC[C@]43C)[C@@H]2C1. The van der Waals surface area contributed by atoms with Crippen LogP contribution in [0.2, 0.25) is 0 Å². The van der Waals surface area contributed by atoms with Gasteiger partial charge in [-0.05, 0) is 104 Å². The molecule has 5 aliphatic rings. The number of allylic oxidation sites excluding steroid dienone is 2. The van der Waals surface area contributed by atoms with E-state index in [-0.39, 0.29) is 79.1 Å². The lowest BCUT2D eigenvalue weighted by molar-refractivity contribution is -0.227. The third kappa shape index (κ3) is 8.20. The molecule has 0 radical (unpaired) electrons. The van der Waals surface area contributed by atoms with Gasteiger partial charge in [0.1, 0.15) is 12.7 Å². The second-order valence-corrected chi connectivity index (χ2v) is 17.6. The molecule has 0 heterocycles. The van der Waals surface area contributed by atoms with Crippen LogP contribution in [0.25, 0.3) is 0 Å². The summed E-state index contributed by atoms with van der Waals surface area (Å²) in [6.07, 6.45) is 16.5.